The van der Waals surface area contributed by atoms with Gasteiger partial charge in [-0.15, -0.1) is 0 Å². The standard InChI is InChI=1S/C64H122O6/c1-4-7-10-13-16-19-21-23-25-27-28-29-30-31-32-33-34-35-36-37-39-40-42-45-48-51-54-57-63(66)69-60-61(59-68-62(65)56-53-50-47-44-18-15-12-9-6-3)70-64(67)58-55-52-49-46-43-41-38-26-24-22-20-17-14-11-8-5-2/h26,38,61H,4-25,27-37,39-60H2,1-3H3/b38-26-. The van der Waals surface area contributed by atoms with Crippen molar-refractivity contribution in [2.75, 3.05) is 13.2 Å². The second kappa shape index (κ2) is 59.7. The van der Waals surface area contributed by atoms with Gasteiger partial charge in [0.1, 0.15) is 13.2 Å². The maximum absolute atomic E-state index is 12.8. The highest BCUT2D eigenvalue weighted by Crippen LogP contribution is 2.18. The van der Waals surface area contributed by atoms with Crippen LogP contribution in [0.1, 0.15) is 361 Å². The van der Waals surface area contributed by atoms with E-state index in [0.29, 0.717) is 19.3 Å². The summed E-state index contributed by atoms with van der Waals surface area (Å²) < 4.78 is 16.9. The fraction of sp³-hybridized carbons (Fsp3) is 0.922. The van der Waals surface area contributed by atoms with Crippen molar-refractivity contribution in [1.82, 2.24) is 0 Å². The Morgan fingerprint density at radius 1 is 0.271 bits per heavy atom. The Balaban J connectivity index is 4.09. The van der Waals surface area contributed by atoms with Gasteiger partial charge in [-0.3, -0.25) is 14.4 Å². The number of carbonyl (C=O) groups excluding carboxylic acids is 3. The van der Waals surface area contributed by atoms with Crippen LogP contribution in [0.25, 0.3) is 0 Å². The maximum atomic E-state index is 12.8. The number of esters is 3. The van der Waals surface area contributed by atoms with E-state index in [2.05, 4.69) is 32.9 Å². The van der Waals surface area contributed by atoms with Crippen molar-refractivity contribution in [3.8, 4) is 0 Å². The van der Waals surface area contributed by atoms with Gasteiger partial charge in [0, 0.05) is 19.3 Å². The van der Waals surface area contributed by atoms with E-state index >= 15 is 0 Å². The third-order valence-corrected chi connectivity index (χ3v) is 14.5. The fourth-order valence-electron chi connectivity index (χ4n) is 9.74. The predicted molar refractivity (Wildman–Crippen MR) is 303 cm³/mol. The molecule has 0 bridgehead atoms. The monoisotopic (exact) mass is 987 g/mol. The normalized spacial score (nSPS) is 12.0. The molecule has 0 saturated carbocycles. The highest BCUT2D eigenvalue weighted by molar-refractivity contribution is 5.71. The lowest BCUT2D eigenvalue weighted by atomic mass is 10.0. The topological polar surface area (TPSA) is 78.9 Å². The number of unbranched alkanes of at least 4 members (excludes halogenated alkanes) is 46. The van der Waals surface area contributed by atoms with Gasteiger partial charge in [-0.1, -0.05) is 309 Å². The van der Waals surface area contributed by atoms with Crippen LogP contribution in [0.15, 0.2) is 12.2 Å². The van der Waals surface area contributed by atoms with Crippen LogP contribution in [0.2, 0.25) is 0 Å². The van der Waals surface area contributed by atoms with Crippen molar-refractivity contribution < 1.29 is 28.6 Å². The van der Waals surface area contributed by atoms with Crippen LogP contribution in [0.5, 0.6) is 0 Å². The van der Waals surface area contributed by atoms with E-state index in [-0.39, 0.29) is 31.1 Å². The molecule has 0 heterocycles. The highest BCUT2D eigenvalue weighted by Gasteiger charge is 2.19. The Labute approximate surface area is 437 Å². The smallest absolute Gasteiger partial charge is 0.306 e. The van der Waals surface area contributed by atoms with Crippen LogP contribution >= 0.6 is 0 Å². The number of rotatable bonds is 59. The minimum atomic E-state index is -0.768. The minimum absolute atomic E-state index is 0.0676. The summed E-state index contributed by atoms with van der Waals surface area (Å²) in [5.41, 5.74) is 0. The third-order valence-electron chi connectivity index (χ3n) is 14.5. The van der Waals surface area contributed by atoms with Crippen molar-refractivity contribution in [2.24, 2.45) is 0 Å². The van der Waals surface area contributed by atoms with Crippen LogP contribution in [0.4, 0.5) is 0 Å². The summed E-state index contributed by atoms with van der Waals surface area (Å²) in [4.78, 5) is 38.1. The molecule has 0 radical (unpaired) electrons. The molecule has 0 spiro atoms. The lowest BCUT2D eigenvalue weighted by Crippen LogP contribution is -2.30. The summed E-state index contributed by atoms with van der Waals surface area (Å²) in [7, 11) is 0. The molecule has 0 amide bonds. The molecule has 0 rings (SSSR count). The number of hydrogen-bond acceptors (Lipinski definition) is 6. The van der Waals surface area contributed by atoms with Crippen molar-refractivity contribution in [3.05, 3.63) is 12.2 Å². The fourth-order valence-corrected chi connectivity index (χ4v) is 9.74. The van der Waals surface area contributed by atoms with Gasteiger partial charge in [0.05, 0.1) is 0 Å². The molecule has 6 nitrogen and oxygen atoms in total. The maximum Gasteiger partial charge on any atom is 0.306 e. The van der Waals surface area contributed by atoms with Gasteiger partial charge in [-0.2, -0.15) is 0 Å². The van der Waals surface area contributed by atoms with E-state index in [0.717, 1.165) is 64.2 Å². The lowest BCUT2D eigenvalue weighted by Gasteiger charge is -2.18. The highest BCUT2D eigenvalue weighted by atomic mass is 16.6. The first-order valence-electron chi connectivity index (χ1n) is 31.7. The summed E-state index contributed by atoms with van der Waals surface area (Å²) in [6.45, 7) is 6.67. The molecule has 0 aliphatic heterocycles. The molecule has 0 saturated heterocycles. The third kappa shape index (κ3) is 57.1. The number of hydrogen-bond donors (Lipinski definition) is 0. The zero-order valence-corrected chi connectivity index (χ0v) is 47.6. The van der Waals surface area contributed by atoms with Crippen molar-refractivity contribution in [3.63, 3.8) is 0 Å². The average Bonchev–Trinajstić information content (AvgIpc) is 3.36. The molecular formula is C64H122O6. The second-order valence-electron chi connectivity index (χ2n) is 21.7. The van der Waals surface area contributed by atoms with E-state index in [9.17, 15) is 14.4 Å². The molecule has 0 aromatic heterocycles. The van der Waals surface area contributed by atoms with E-state index in [1.54, 1.807) is 0 Å². The Bertz CT molecular complexity index is 1090. The Hall–Kier alpha value is -1.85. The molecule has 0 fully saturated rings. The second-order valence-corrected chi connectivity index (χ2v) is 21.7. The minimum Gasteiger partial charge on any atom is -0.462 e. The van der Waals surface area contributed by atoms with E-state index in [1.165, 1.54) is 257 Å². The number of allylic oxidation sites excluding steroid dienone is 2. The number of carbonyl (C=O) groups is 3. The van der Waals surface area contributed by atoms with Crippen LogP contribution in [-0.4, -0.2) is 37.2 Å². The van der Waals surface area contributed by atoms with E-state index in [1.807, 2.05) is 0 Å². The molecule has 1 atom stereocenters. The summed E-state index contributed by atoms with van der Waals surface area (Å²) in [5.74, 6) is -0.854. The SMILES string of the molecule is CCCCCCCCC/C=C\CCCCCCCC(=O)OC(COC(=O)CCCCCCCCCCC)COC(=O)CCCCCCCCCCCCCCCCCCCCCCCCCCCCC. The Morgan fingerprint density at radius 3 is 0.714 bits per heavy atom. The number of ether oxygens (including phenoxy) is 3. The summed E-state index contributed by atoms with van der Waals surface area (Å²) in [5, 5.41) is 0. The van der Waals surface area contributed by atoms with Crippen molar-refractivity contribution in [1.29, 1.82) is 0 Å². The van der Waals surface area contributed by atoms with Gasteiger partial charge in [0.15, 0.2) is 6.10 Å². The van der Waals surface area contributed by atoms with Crippen LogP contribution < -0.4 is 0 Å². The largest absolute Gasteiger partial charge is 0.462 e. The molecule has 0 aliphatic carbocycles. The van der Waals surface area contributed by atoms with Gasteiger partial charge in [0.25, 0.3) is 0 Å². The molecule has 0 N–H and O–H groups in total. The van der Waals surface area contributed by atoms with Gasteiger partial charge < -0.3 is 14.2 Å². The van der Waals surface area contributed by atoms with Gasteiger partial charge in [-0.25, -0.2) is 0 Å². The summed E-state index contributed by atoms with van der Waals surface area (Å²) in [6.07, 6.45) is 69.6. The van der Waals surface area contributed by atoms with Crippen molar-refractivity contribution >= 4 is 17.9 Å². The Morgan fingerprint density at radius 2 is 0.471 bits per heavy atom. The first kappa shape index (κ1) is 68.2. The summed E-state index contributed by atoms with van der Waals surface area (Å²) >= 11 is 0. The van der Waals surface area contributed by atoms with Gasteiger partial charge >= 0.3 is 17.9 Å². The van der Waals surface area contributed by atoms with Crippen molar-refractivity contribution in [2.45, 2.75) is 367 Å². The van der Waals surface area contributed by atoms with Crippen LogP contribution in [0.3, 0.4) is 0 Å². The molecule has 1 unspecified atom stereocenters. The molecular weight excluding hydrogens is 865 g/mol. The average molecular weight is 988 g/mol. The predicted octanol–water partition coefficient (Wildman–Crippen LogP) is 21.3. The molecule has 6 heteroatoms. The molecule has 70 heavy (non-hydrogen) atoms. The first-order valence-corrected chi connectivity index (χ1v) is 31.7. The molecule has 414 valence electrons. The van der Waals surface area contributed by atoms with Crippen LogP contribution in [0, 0.1) is 0 Å². The Kier molecular flexibility index (Phi) is 58.1. The van der Waals surface area contributed by atoms with E-state index < -0.39 is 6.10 Å². The van der Waals surface area contributed by atoms with Crippen LogP contribution in [-0.2, 0) is 28.6 Å². The molecule has 0 aromatic rings. The quantitative estimate of drug-likeness (QED) is 0.0261. The lowest BCUT2D eigenvalue weighted by molar-refractivity contribution is -0.167. The first-order chi connectivity index (χ1) is 34.5. The van der Waals surface area contributed by atoms with E-state index in [4.69, 9.17) is 14.2 Å². The zero-order valence-electron chi connectivity index (χ0n) is 47.6. The molecule has 0 aromatic carbocycles. The molecule has 0 aliphatic rings. The zero-order chi connectivity index (χ0) is 50.7. The summed E-state index contributed by atoms with van der Waals surface area (Å²) in [6, 6.07) is 0. The van der Waals surface area contributed by atoms with Gasteiger partial charge in [-0.05, 0) is 44.9 Å². The van der Waals surface area contributed by atoms with Gasteiger partial charge in [0.2, 0.25) is 0 Å².